The van der Waals surface area contributed by atoms with E-state index in [0.717, 1.165) is 24.3 Å². The summed E-state index contributed by atoms with van der Waals surface area (Å²) in [5.74, 6) is -0.453. The summed E-state index contributed by atoms with van der Waals surface area (Å²) >= 11 is 5.99. The second-order valence-electron chi connectivity index (χ2n) is 8.38. The number of ether oxygens (including phenoxy) is 1. The van der Waals surface area contributed by atoms with E-state index < -0.39 is 27.7 Å². The molecule has 0 unspecified atom stereocenters. The molecule has 2 aromatic carbocycles. The van der Waals surface area contributed by atoms with Crippen LogP contribution in [0, 0.1) is 5.92 Å². The molecule has 0 aromatic heterocycles. The molecule has 6 nitrogen and oxygen atoms in total. The van der Waals surface area contributed by atoms with Crippen LogP contribution in [0.5, 0.6) is 5.75 Å². The molecule has 0 saturated carbocycles. The van der Waals surface area contributed by atoms with E-state index in [4.69, 9.17) is 11.6 Å². The molecule has 1 fully saturated rings. The highest BCUT2D eigenvalue weighted by atomic mass is 35.5. The van der Waals surface area contributed by atoms with Crippen molar-refractivity contribution in [1.82, 2.24) is 9.62 Å². The second kappa shape index (κ2) is 9.52. The Morgan fingerprint density at radius 1 is 1.15 bits per heavy atom. The summed E-state index contributed by atoms with van der Waals surface area (Å²) in [6.07, 6.45) is -4.22. The zero-order valence-electron chi connectivity index (χ0n) is 18.0. The average molecular weight is 505 g/mol. The van der Waals surface area contributed by atoms with Crippen LogP contribution in [-0.2, 0) is 20.4 Å². The lowest BCUT2D eigenvalue weighted by Gasteiger charge is -2.31. The number of nitrogens with zero attached hydrogens (tertiary/aromatic N) is 1. The van der Waals surface area contributed by atoms with E-state index in [0.29, 0.717) is 30.0 Å². The van der Waals surface area contributed by atoms with Gasteiger partial charge in [0.2, 0.25) is 15.9 Å². The lowest BCUT2D eigenvalue weighted by Crippen LogP contribution is -2.48. The predicted octanol–water partition coefficient (Wildman–Crippen LogP) is 4.69. The van der Waals surface area contributed by atoms with Crippen LogP contribution in [0.1, 0.15) is 32.3 Å². The number of likely N-dealkylation sites (tertiary alicyclic amines) is 1. The van der Waals surface area contributed by atoms with Crippen molar-refractivity contribution in [3.8, 4) is 5.75 Å². The Labute approximate surface area is 195 Å². The summed E-state index contributed by atoms with van der Waals surface area (Å²) in [7, 11) is -4.15. The summed E-state index contributed by atoms with van der Waals surface area (Å²) in [5, 5.41) is 0.475. The zero-order chi connectivity index (χ0) is 24.4. The van der Waals surface area contributed by atoms with Gasteiger partial charge < -0.3 is 9.64 Å². The largest absolute Gasteiger partial charge is 0.573 e. The van der Waals surface area contributed by atoms with Crippen LogP contribution >= 0.6 is 11.6 Å². The first-order valence-corrected chi connectivity index (χ1v) is 12.1. The molecular formula is C22H24ClF3N2O4S. The van der Waals surface area contributed by atoms with Gasteiger partial charge in [-0.15, -0.1) is 13.2 Å². The Bertz CT molecular complexity index is 1090. The van der Waals surface area contributed by atoms with E-state index in [1.54, 1.807) is 29.2 Å². The van der Waals surface area contributed by atoms with Crippen LogP contribution in [0.15, 0.2) is 53.4 Å². The van der Waals surface area contributed by atoms with Crippen LogP contribution in [0.2, 0.25) is 5.02 Å². The van der Waals surface area contributed by atoms with Crippen LogP contribution in [0.4, 0.5) is 13.2 Å². The van der Waals surface area contributed by atoms with E-state index in [9.17, 15) is 26.4 Å². The van der Waals surface area contributed by atoms with Gasteiger partial charge in [0.1, 0.15) is 5.75 Å². The van der Waals surface area contributed by atoms with Crippen LogP contribution in [-0.4, -0.2) is 38.7 Å². The molecule has 0 bridgehead atoms. The summed E-state index contributed by atoms with van der Waals surface area (Å²) < 4.78 is 70.1. The second-order valence-corrected chi connectivity index (χ2v) is 10.5. The van der Waals surface area contributed by atoms with Gasteiger partial charge in [-0.05, 0) is 54.3 Å². The van der Waals surface area contributed by atoms with Crippen molar-refractivity contribution in [3.63, 3.8) is 0 Å². The third kappa shape index (κ3) is 6.39. The van der Waals surface area contributed by atoms with Crippen molar-refractivity contribution in [3.05, 3.63) is 59.1 Å². The zero-order valence-corrected chi connectivity index (χ0v) is 19.6. The summed E-state index contributed by atoms with van der Waals surface area (Å²) in [5.41, 5.74) is -0.482. The third-order valence-corrected chi connectivity index (χ3v) is 7.10. The van der Waals surface area contributed by atoms with E-state index >= 15 is 0 Å². The number of carbonyl (C=O) groups excluding carboxylic acids is 1. The molecule has 0 aliphatic carbocycles. The first-order chi connectivity index (χ1) is 15.3. The van der Waals surface area contributed by atoms with Crippen LogP contribution < -0.4 is 9.46 Å². The molecule has 0 spiro atoms. The number of amides is 1. The van der Waals surface area contributed by atoms with Gasteiger partial charge in [-0.1, -0.05) is 37.6 Å². The molecule has 1 amide bonds. The fourth-order valence-electron chi connectivity index (χ4n) is 3.78. The molecule has 1 aliphatic heterocycles. The lowest BCUT2D eigenvalue weighted by molar-refractivity contribution is -0.274. The SMILES string of the molecule is CC(C)CC(=O)N1CC[C@@](NS(=O)(=O)c2ccc(OC(F)(F)F)cc2)(c2ccc(Cl)cc2)C1. The number of benzene rings is 2. The van der Waals surface area contributed by atoms with E-state index in [2.05, 4.69) is 9.46 Å². The Balaban J connectivity index is 1.90. The first-order valence-electron chi connectivity index (χ1n) is 10.2. The minimum Gasteiger partial charge on any atom is -0.406 e. The fraction of sp³-hybridized carbons (Fsp3) is 0.409. The van der Waals surface area contributed by atoms with Crippen molar-refractivity contribution in [2.75, 3.05) is 13.1 Å². The molecule has 1 aliphatic rings. The van der Waals surface area contributed by atoms with Crippen molar-refractivity contribution in [2.24, 2.45) is 5.92 Å². The third-order valence-electron chi connectivity index (χ3n) is 5.30. The normalized spacial score (nSPS) is 19.2. The van der Waals surface area contributed by atoms with E-state index in [1.807, 2.05) is 13.8 Å². The van der Waals surface area contributed by atoms with Gasteiger partial charge in [-0.25, -0.2) is 8.42 Å². The lowest BCUT2D eigenvalue weighted by atomic mass is 9.90. The molecule has 2 aromatic rings. The van der Waals surface area contributed by atoms with E-state index in [-0.39, 0.29) is 23.3 Å². The molecule has 1 heterocycles. The van der Waals surface area contributed by atoms with Gasteiger partial charge >= 0.3 is 6.36 Å². The highest BCUT2D eigenvalue weighted by Gasteiger charge is 2.44. The number of hydrogen-bond acceptors (Lipinski definition) is 4. The van der Waals surface area contributed by atoms with E-state index in [1.165, 1.54) is 0 Å². The Kier molecular flexibility index (Phi) is 7.30. The number of halogens is 4. The Hall–Kier alpha value is -2.30. The molecule has 0 radical (unpaired) electrons. The molecule has 180 valence electrons. The van der Waals surface area contributed by atoms with Gasteiger partial charge in [-0.3, -0.25) is 4.79 Å². The number of alkyl halides is 3. The minimum atomic E-state index is -4.88. The Morgan fingerprint density at radius 3 is 2.30 bits per heavy atom. The summed E-state index contributed by atoms with van der Waals surface area (Å²) in [6, 6.07) is 10.6. The fourth-order valence-corrected chi connectivity index (χ4v) is 5.32. The van der Waals surface area contributed by atoms with Gasteiger partial charge in [0.25, 0.3) is 0 Å². The van der Waals surface area contributed by atoms with Crippen LogP contribution in [0.3, 0.4) is 0 Å². The van der Waals surface area contributed by atoms with Gasteiger partial charge in [0.05, 0.1) is 10.4 Å². The highest BCUT2D eigenvalue weighted by molar-refractivity contribution is 7.89. The minimum absolute atomic E-state index is 0.0753. The quantitative estimate of drug-likeness (QED) is 0.593. The molecule has 1 saturated heterocycles. The first kappa shape index (κ1) is 25.3. The maximum atomic E-state index is 13.2. The van der Waals surface area contributed by atoms with Crippen LogP contribution in [0.25, 0.3) is 0 Å². The topological polar surface area (TPSA) is 75.7 Å². The summed E-state index contributed by atoms with van der Waals surface area (Å²) in [4.78, 5) is 14.0. The number of hydrogen-bond donors (Lipinski definition) is 1. The molecular weight excluding hydrogens is 481 g/mol. The molecule has 3 rings (SSSR count). The molecule has 11 heteroatoms. The highest BCUT2D eigenvalue weighted by Crippen LogP contribution is 2.35. The summed E-state index contributed by atoms with van der Waals surface area (Å²) in [6.45, 7) is 4.33. The van der Waals surface area contributed by atoms with Crippen molar-refractivity contribution in [2.45, 2.75) is 43.5 Å². The smallest absolute Gasteiger partial charge is 0.406 e. The van der Waals surface area contributed by atoms with Crippen molar-refractivity contribution in [1.29, 1.82) is 0 Å². The molecule has 1 N–H and O–H groups in total. The average Bonchev–Trinajstić information content (AvgIpc) is 3.12. The van der Waals surface area contributed by atoms with Gasteiger partial charge in [0, 0.05) is 24.5 Å². The van der Waals surface area contributed by atoms with Crippen molar-refractivity contribution >= 4 is 27.5 Å². The molecule has 1 atom stereocenters. The number of nitrogens with one attached hydrogen (secondary N) is 1. The number of sulfonamides is 1. The van der Waals surface area contributed by atoms with Gasteiger partial charge in [0.15, 0.2) is 0 Å². The standard InChI is InChI=1S/C22H24ClF3N2O4S/c1-15(2)13-20(29)28-12-11-21(14-28,16-3-5-17(23)6-4-16)27-33(30,31)19-9-7-18(8-10-19)32-22(24,25)26/h3-10,15,27H,11-14H2,1-2H3/t21-/m0/s1. The molecule has 33 heavy (non-hydrogen) atoms. The maximum Gasteiger partial charge on any atom is 0.573 e. The number of carbonyl (C=O) groups is 1. The maximum absolute atomic E-state index is 13.2. The van der Waals surface area contributed by atoms with Gasteiger partial charge in [-0.2, -0.15) is 4.72 Å². The van der Waals surface area contributed by atoms with Crippen molar-refractivity contribution < 1.29 is 31.1 Å². The number of rotatable bonds is 7. The predicted molar refractivity (Wildman–Crippen MR) is 117 cm³/mol. The monoisotopic (exact) mass is 504 g/mol. The Morgan fingerprint density at radius 2 is 1.76 bits per heavy atom.